The molecule has 0 unspecified atom stereocenters. The van der Waals surface area contributed by atoms with Crippen LogP contribution in [0.5, 0.6) is 0 Å². The maximum absolute atomic E-state index is 12.9. The minimum absolute atomic E-state index is 0.00121. The molecule has 0 saturated heterocycles. The summed E-state index contributed by atoms with van der Waals surface area (Å²) in [6, 6.07) is 19.3. The van der Waals surface area contributed by atoms with Crippen molar-refractivity contribution in [3.05, 3.63) is 99.0 Å². The normalized spacial score (nSPS) is 13.7. The second kappa shape index (κ2) is 9.34. The van der Waals surface area contributed by atoms with Crippen LogP contribution in [0.4, 0.5) is 23.4 Å². The Morgan fingerprint density at radius 3 is 2.66 bits per heavy atom. The summed E-state index contributed by atoms with van der Waals surface area (Å²) in [5.74, 6) is 1.53. The SMILES string of the molecule is C[C@H](Nc1nccc(N2CCCn3c2nc(-c2cccc([N+](=O)[O-])c2)cc3=O)n1)c1ccccc1. The number of rotatable bonds is 6. The molecule has 0 radical (unpaired) electrons. The molecule has 0 fully saturated rings. The molecule has 1 aliphatic rings. The second-order valence-electron chi connectivity index (χ2n) is 8.26. The standard InChI is InChI=1S/C25H23N7O3/c1-17(18-7-3-2-4-8-18)27-24-26-12-11-22(29-24)30-13-6-14-31-23(33)16-21(28-25(30)31)19-9-5-10-20(15-19)32(34)35/h2-5,7-12,15-17H,6,13-14H2,1H3,(H,26,27,29)/t17-/m0/s1. The zero-order chi connectivity index (χ0) is 24.4. The largest absolute Gasteiger partial charge is 0.348 e. The van der Waals surface area contributed by atoms with Crippen LogP contribution in [-0.4, -0.2) is 31.0 Å². The van der Waals surface area contributed by atoms with Gasteiger partial charge in [0.2, 0.25) is 11.9 Å². The number of nitrogens with one attached hydrogen (secondary N) is 1. The van der Waals surface area contributed by atoms with Gasteiger partial charge in [0, 0.05) is 43.0 Å². The van der Waals surface area contributed by atoms with Crippen LogP contribution in [0.25, 0.3) is 11.3 Å². The molecule has 176 valence electrons. The molecule has 0 aliphatic carbocycles. The van der Waals surface area contributed by atoms with E-state index in [0.29, 0.717) is 42.1 Å². The maximum Gasteiger partial charge on any atom is 0.270 e. The van der Waals surface area contributed by atoms with Gasteiger partial charge < -0.3 is 5.32 Å². The molecule has 0 bridgehead atoms. The Hall–Kier alpha value is -4.60. The average molecular weight is 470 g/mol. The number of nitro groups is 1. The lowest BCUT2D eigenvalue weighted by Gasteiger charge is -2.30. The summed E-state index contributed by atoms with van der Waals surface area (Å²) in [6.45, 7) is 3.19. The Labute approximate surface area is 201 Å². The molecule has 0 saturated carbocycles. The van der Waals surface area contributed by atoms with E-state index in [-0.39, 0.29) is 17.3 Å². The number of nitro benzene ring substituents is 1. The summed E-state index contributed by atoms with van der Waals surface area (Å²) in [6.07, 6.45) is 2.42. The van der Waals surface area contributed by atoms with Gasteiger partial charge in [-0.2, -0.15) is 4.98 Å². The third kappa shape index (κ3) is 4.58. The summed E-state index contributed by atoms with van der Waals surface area (Å²) in [5, 5.41) is 14.5. The number of hydrogen-bond donors (Lipinski definition) is 1. The first kappa shape index (κ1) is 22.2. The molecule has 1 atom stereocenters. The fourth-order valence-electron chi connectivity index (χ4n) is 4.13. The van der Waals surface area contributed by atoms with Crippen molar-refractivity contribution < 1.29 is 4.92 Å². The fourth-order valence-corrected chi connectivity index (χ4v) is 4.13. The number of benzene rings is 2. The molecule has 0 amide bonds. The van der Waals surface area contributed by atoms with Crippen LogP contribution >= 0.6 is 0 Å². The number of non-ortho nitro benzene ring substituents is 1. The highest BCUT2D eigenvalue weighted by molar-refractivity contribution is 5.65. The first-order chi connectivity index (χ1) is 17.0. The van der Waals surface area contributed by atoms with Crippen LogP contribution in [-0.2, 0) is 6.54 Å². The van der Waals surface area contributed by atoms with Crippen LogP contribution < -0.4 is 15.8 Å². The van der Waals surface area contributed by atoms with E-state index in [1.165, 1.54) is 18.2 Å². The first-order valence-electron chi connectivity index (χ1n) is 11.3. The van der Waals surface area contributed by atoms with Gasteiger partial charge in [0.1, 0.15) is 5.82 Å². The molecule has 2 aromatic heterocycles. The van der Waals surface area contributed by atoms with Crippen LogP contribution in [0, 0.1) is 10.1 Å². The van der Waals surface area contributed by atoms with Crippen molar-refractivity contribution in [1.29, 1.82) is 0 Å². The van der Waals surface area contributed by atoms with Crippen LogP contribution in [0.15, 0.2) is 77.7 Å². The van der Waals surface area contributed by atoms with E-state index in [9.17, 15) is 14.9 Å². The van der Waals surface area contributed by atoms with Gasteiger partial charge in [-0.15, -0.1) is 0 Å². The molecule has 35 heavy (non-hydrogen) atoms. The molecule has 2 aromatic carbocycles. The van der Waals surface area contributed by atoms with Gasteiger partial charge in [-0.05, 0) is 25.0 Å². The molecule has 10 heteroatoms. The molecular formula is C25H23N7O3. The predicted molar refractivity (Wildman–Crippen MR) is 133 cm³/mol. The summed E-state index contributed by atoms with van der Waals surface area (Å²) in [4.78, 5) is 39.3. The van der Waals surface area contributed by atoms with Crippen LogP contribution in [0.3, 0.4) is 0 Å². The van der Waals surface area contributed by atoms with Crippen molar-refractivity contribution in [2.75, 3.05) is 16.8 Å². The molecule has 0 spiro atoms. The Balaban J connectivity index is 1.50. The minimum Gasteiger partial charge on any atom is -0.348 e. The molecular weight excluding hydrogens is 446 g/mol. The van der Waals surface area contributed by atoms with E-state index in [1.54, 1.807) is 29.0 Å². The van der Waals surface area contributed by atoms with Gasteiger partial charge in [-0.3, -0.25) is 24.4 Å². The van der Waals surface area contributed by atoms with E-state index in [0.717, 1.165) is 12.0 Å². The number of anilines is 3. The predicted octanol–water partition coefficient (Wildman–Crippen LogP) is 4.32. The molecule has 3 heterocycles. The van der Waals surface area contributed by atoms with Crippen molar-refractivity contribution in [2.45, 2.75) is 25.9 Å². The van der Waals surface area contributed by atoms with Gasteiger partial charge in [-0.1, -0.05) is 42.5 Å². The van der Waals surface area contributed by atoms with Crippen molar-refractivity contribution >= 4 is 23.4 Å². The Morgan fingerprint density at radius 2 is 1.86 bits per heavy atom. The number of aromatic nitrogens is 4. The number of nitrogens with zero attached hydrogens (tertiary/aromatic N) is 6. The smallest absolute Gasteiger partial charge is 0.270 e. The highest BCUT2D eigenvalue weighted by Crippen LogP contribution is 2.29. The molecule has 1 N–H and O–H groups in total. The van der Waals surface area contributed by atoms with E-state index >= 15 is 0 Å². The Morgan fingerprint density at radius 1 is 1.03 bits per heavy atom. The zero-order valence-corrected chi connectivity index (χ0v) is 19.0. The third-order valence-electron chi connectivity index (χ3n) is 5.91. The van der Waals surface area contributed by atoms with Gasteiger partial charge in [-0.25, -0.2) is 9.97 Å². The van der Waals surface area contributed by atoms with E-state index in [1.807, 2.05) is 42.2 Å². The monoisotopic (exact) mass is 469 g/mol. The molecule has 4 aromatic rings. The van der Waals surface area contributed by atoms with Gasteiger partial charge in [0.15, 0.2) is 0 Å². The van der Waals surface area contributed by atoms with Crippen LogP contribution in [0.1, 0.15) is 24.9 Å². The van der Waals surface area contributed by atoms with Gasteiger partial charge >= 0.3 is 0 Å². The Kier molecular flexibility index (Phi) is 5.92. The zero-order valence-electron chi connectivity index (χ0n) is 19.0. The number of hydrogen-bond acceptors (Lipinski definition) is 8. The summed E-state index contributed by atoms with van der Waals surface area (Å²) in [7, 11) is 0. The highest BCUT2D eigenvalue weighted by Gasteiger charge is 2.24. The lowest BCUT2D eigenvalue weighted by Crippen LogP contribution is -2.36. The van der Waals surface area contributed by atoms with Crippen LogP contribution in [0.2, 0.25) is 0 Å². The maximum atomic E-state index is 12.9. The summed E-state index contributed by atoms with van der Waals surface area (Å²) >= 11 is 0. The molecule has 5 rings (SSSR count). The second-order valence-corrected chi connectivity index (χ2v) is 8.26. The van der Waals surface area contributed by atoms with Gasteiger partial charge in [0.05, 0.1) is 16.7 Å². The number of fused-ring (bicyclic) bond motifs is 1. The Bertz CT molecular complexity index is 1440. The fraction of sp³-hybridized carbons (Fsp3) is 0.200. The third-order valence-corrected chi connectivity index (χ3v) is 5.91. The van der Waals surface area contributed by atoms with Crippen molar-refractivity contribution in [3.8, 4) is 11.3 Å². The van der Waals surface area contributed by atoms with Crippen molar-refractivity contribution in [3.63, 3.8) is 0 Å². The molecule has 1 aliphatic heterocycles. The van der Waals surface area contributed by atoms with E-state index < -0.39 is 4.92 Å². The van der Waals surface area contributed by atoms with E-state index in [4.69, 9.17) is 4.98 Å². The highest BCUT2D eigenvalue weighted by atomic mass is 16.6. The van der Waals surface area contributed by atoms with Crippen molar-refractivity contribution in [1.82, 2.24) is 19.5 Å². The molecule has 10 nitrogen and oxygen atoms in total. The first-order valence-corrected chi connectivity index (χ1v) is 11.3. The lowest BCUT2D eigenvalue weighted by molar-refractivity contribution is -0.384. The summed E-state index contributed by atoms with van der Waals surface area (Å²) < 4.78 is 1.60. The van der Waals surface area contributed by atoms with Crippen molar-refractivity contribution in [2.24, 2.45) is 0 Å². The topological polar surface area (TPSA) is 119 Å². The van der Waals surface area contributed by atoms with E-state index in [2.05, 4.69) is 15.3 Å². The average Bonchev–Trinajstić information content (AvgIpc) is 2.89. The summed E-state index contributed by atoms with van der Waals surface area (Å²) in [5.41, 5.74) is 1.72. The minimum atomic E-state index is -0.465. The lowest BCUT2D eigenvalue weighted by atomic mass is 10.1. The van der Waals surface area contributed by atoms with Gasteiger partial charge in [0.25, 0.3) is 11.2 Å². The quantitative estimate of drug-likeness (QED) is 0.327.